The van der Waals surface area contributed by atoms with Crippen LogP contribution in [0.5, 0.6) is 5.75 Å². The number of halogens is 3. The van der Waals surface area contributed by atoms with Crippen LogP contribution < -0.4 is 10.1 Å². The first kappa shape index (κ1) is 15.9. The maximum Gasteiger partial charge on any atom is 0.387 e. The number of hydrogen-bond donors (Lipinski definition) is 1. The van der Waals surface area contributed by atoms with Crippen molar-refractivity contribution in [3.63, 3.8) is 0 Å². The molecule has 1 saturated heterocycles. The lowest BCUT2D eigenvalue weighted by molar-refractivity contribution is -0.0521. The fourth-order valence-corrected chi connectivity index (χ4v) is 2.63. The predicted octanol–water partition coefficient (Wildman–Crippen LogP) is 3.71. The van der Waals surface area contributed by atoms with E-state index in [1.807, 2.05) is 0 Å². The van der Waals surface area contributed by atoms with Crippen molar-refractivity contribution in [1.29, 1.82) is 0 Å². The Morgan fingerprint density at radius 1 is 1.33 bits per heavy atom. The third-order valence-electron chi connectivity index (χ3n) is 3.79. The molecule has 1 aliphatic heterocycles. The largest absolute Gasteiger partial charge is 0.432 e. The third-order valence-corrected chi connectivity index (χ3v) is 3.79. The van der Waals surface area contributed by atoms with E-state index in [0.29, 0.717) is 5.69 Å². The Kier molecular flexibility index (Phi) is 5.73. The summed E-state index contributed by atoms with van der Waals surface area (Å²) in [6, 6.07) is 4.30. The number of ether oxygens (including phenoxy) is 1. The summed E-state index contributed by atoms with van der Waals surface area (Å²) in [5.41, 5.74) is 0.601. The zero-order valence-corrected chi connectivity index (χ0v) is 12.1. The second-order valence-electron chi connectivity index (χ2n) is 5.23. The minimum atomic E-state index is -3.01. The van der Waals surface area contributed by atoms with Crippen LogP contribution in [-0.2, 0) is 0 Å². The van der Waals surface area contributed by atoms with Gasteiger partial charge < -0.3 is 15.0 Å². The number of likely N-dealkylation sites (tertiary alicyclic amines) is 1. The first-order valence-corrected chi connectivity index (χ1v) is 7.31. The van der Waals surface area contributed by atoms with Crippen molar-refractivity contribution >= 4 is 5.69 Å². The summed E-state index contributed by atoms with van der Waals surface area (Å²) in [6.45, 7) is 2.28. The summed E-state index contributed by atoms with van der Waals surface area (Å²) in [4.78, 5) is 2.39. The average molecular weight is 302 g/mol. The van der Waals surface area contributed by atoms with Crippen LogP contribution in [0.2, 0.25) is 0 Å². The molecule has 0 radical (unpaired) electrons. The van der Waals surface area contributed by atoms with Crippen LogP contribution in [0.15, 0.2) is 18.2 Å². The summed E-state index contributed by atoms with van der Waals surface area (Å²) >= 11 is 0. The van der Waals surface area contributed by atoms with E-state index < -0.39 is 18.2 Å². The van der Waals surface area contributed by atoms with Gasteiger partial charge in [-0.05, 0) is 44.5 Å². The molecule has 1 atom stereocenters. The summed E-state index contributed by atoms with van der Waals surface area (Å²) in [6.07, 6.45) is 3.11. The van der Waals surface area contributed by atoms with E-state index in [1.54, 1.807) is 6.07 Å². The lowest BCUT2D eigenvalue weighted by atomic mass is 10.1. The van der Waals surface area contributed by atoms with E-state index in [0.717, 1.165) is 38.9 Å². The number of anilines is 1. The van der Waals surface area contributed by atoms with Gasteiger partial charge in [0.05, 0.1) is 0 Å². The molecule has 0 spiro atoms. The van der Waals surface area contributed by atoms with Crippen molar-refractivity contribution < 1.29 is 17.9 Å². The Bertz CT molecular complexity index is 457. The Labute approximate surface area is 123 Å². The van der Waals surface area contributed by atoms with E-state index in [2.05, 4.69) is 21.9 Å². The van der Waals surface area contributed by atoms with Crippen LogP contribution in [0.3, 0.4) is 0 Å². The lowest BCUT2D eigenvalue weighted by Crippen LogP contribution is -2.26. The van der Waals surface area contributed by atoms with Gasteiger partial charge in [-0.2, -0.15) is 8.78 Å². The molecule has 1 heterocycles. The predicted molar refractivity (Wildman–Crippen MR) is 76.4 cm³/mol. The minimum Gasteiger partial charge on any atom is -0.432 e. The minimum absolute atomic E-state index is 0.280. The smallest absolute Gasteiger partial charge is 0.387 e. The number of nitrogens with zero attached hydrogens (tertiary/aromatic N) is 1. The van der Waals surface area contributed by atoms with E-state index >= 15 is 0 Å². The highest BCUT2D eigenvalue weighted by Crippen LogP contribution is 2.24. The van der Waals surface area contributed by atoms with Gasteiger partial charge in [-0.1, -0.05) is 6.92 Å². The zero-order valence-electron chi connectivity index (χ0n) is 12.1. The van der Waals surface area contributed by atoms with Crippen molar-refractivity contribution in [3.8, 4) is 5.75 Å². The fraction of sp³-hybridized carbons (Fsp3) is 0.600. The summed E-state index contributed by atoms with van der Waals surface area (Å²) in [5, 5.41) is 3.28. The molecule has 1 fully saturated rings. The molecule has 1 N–H and O–H groups in total. The Balaban J connectivity index is 1.95. The van der Waals surface area contributed by atoms with Crippen molar-refractivity contribution in [1.82, 2.24) is 4.90 Å². The standard InChI is InChI=1S/C15H21F3N2O/c1-2-20-8-3-4-11(7-9-20)19-12-5-6-14(13(16)10-12)21-15(17)18/h5-6,10-11,15,19H,2-4,7-9H2,1H3. The SMILES string of the molecule is CCN1CCCC(Nc2ccc(OC(F)F)c(F)c2)CC1. The Morgan fingerprint density at radius 3 is 2.81 bits per heavy atom. The summed E-state index contributed by atoms with van der Waals surface area (Å²) in [5.74, 6) is -1.20. The summed E-state index contributed by atoms with van der Waals surface area (Å²) < 4.78 is 41.9. The van der Waals surface area contributed by atoms with E-state index in [1.165, 1.54) is 12.1 Å². The molecule has 1 aliphatic rings. The molecule has 3 nitrogen and oxygen atoms in total. The highest BCUT2D eigenvalue weighted by atomic mass is 19.3. The molecule has 0 aromatic heterocycles. The number of hydrogen-bond acceptors (Lipinski definition) is 3. The van der Waals surface area contributed by atoms with Gasteiger partial charge in [0.1, 0.15) is 0 Å². The molecule has 118 valence electrons. The van der Waals surface area contributed by atoms with Crippen LogP contribution in [0.25, 0.3) is 0 Å². The number of alkyl halides is 2. The van der Waals surface area contributed by atoms with E-state index in [-0.39, 0.29) is 6.04 Å². The van der Waals surface area contributed by atoms with Gasteiger partial charge in [0.2, 0.25) is 0 Å². The second-order valence-corrected chi connectivity index (χ2v) is 5.23. The first-order valence-electron chi connectivity index (χ1n) is 7.31. The van der Waals surface area contributed by atoms with E-state index in [4.69, 9.17) is 0 Å². The number of rotatable bonds is 5. The van der Waals surface area contributed by atoms with Crippen LogP contribution in [0.1, 0.15) is 26.2 Å². The van der Waals surface area contributed by atoms with Gasteiger partial charge in [0, 0.05) is 24.3 Å². The molecular weight excluding hydrogens is 281 g/mol. The fourth-order valence-electron chi connectivity index (χ4n) is 2.63. The van der Waals surface area contributed by atoms with Gasteiger partial charge in [-0.15, -0.1) is 0 Å². The van der Waals surface area contributed by atoms with Crippen LogP contribution in [-0.4, -0.2) is 37.2 Å². The highest BCUT2D eigenvalue weighted by Gasteiger charge is 2.17. The van der Waals surface area contributed by atoms with Gasteiger partial charge in [0.15, 0.2) is 11.6 Å². The topological polar surface area (TPSA) is 24.5 Å². The lowest BCUT2D eigenvalue weighted by Gasteiger charge is -2.19. The maximum atomic E-state index is 13.7. The molecule has 1 aromatic rings. The van der Waals surface area contributed by atoms with Crippen molar-refractivity contribution in [2.75, 3.05) is 25.0 Å². The third kappa shape index (κ3) is 4.81. The van der Waals surface area contributed by atoms with Crippen LogP contribution >= 0.6 is 0 Å². The monoisotopic (exact) mass is 302 g/mol. The molecule has 0 saturated carbocycles. The molecule has 1 aromatic carbocycles. The molecule has 21 heavy (non-hydrogen) atoms. The first-order chi connectivity index (χ1) is 10.1. The molecule has 1 unspecified atom stereocenters. The molecule has 6 heteroatoms. The van der Waals surface area contributed by atoms with Crippen LogP contribution in [0.4, 0.5) is 18.9 Å². The van der Waals surface area contributed by atoms with Gasteiger partial charge >= 0.3 is 6.61 Å². The number of benzene rings is 1. The van der Waals surface area contributed by atoms with Gasteiger partial charge in [0.25, 0.3) is 0 Å². The zero-order chi connectivity index (χ0) is 15.2. The normalized spacial score (nSPS) is 20.3. The average Bonchev–Trinajstić information content (AvgIpc) is 2.67. The van der Waals surface area contributed by atoms with Gasteiger partial charge in [-0.3, -0.25) is 0 Å². The quantitative estimate of drug-likeness (QED) is 0.897. The molecule has 0 aliphatic carbocycles. The molecular formula is C15H21F3N2O. The van der Waals surface area contributed by atoms with Crippen molar-refractivity contribution in [2.45, 2.75) is 38.8 Å². The number of nitrogens with one attached hydrogen (secondary N) is 1. The molecule has 0 bridgehead atoms. The summed E-state index contributed by atoms with van der Waals surface area (Å²) in [7, 11) is 0. The molecule has 2 rings (SSSR count). The van der Waals surface area contributed by atoms with Crippen LogP contribution in [0, 0.1) is 5.82 Å². The Morgan fingerprint density at radius 2 is 2.14 bits per heavy atom. The van der Waals surface area contributed by atoms with Crippen molar-refractivity contribution in [2.24, 2.45) is 0 Å². The second kappa shape index (κ2) is 7.54. The molecule has 0 amide bonds. The maximum absolute atomic E-state index is 13.7. The highest BCUT2D eigenvalue weighted by molar-refractivity contribution is 5.48. The van der Waals surface area contributed by atoms with E-state index in [9.17, 15) is 13.2 Å². The van der Waals surface area contributed by atoms with Gasteiger partial charge in [-0.25, -0.2) is 4.39 Å². The Hall–Kier alpha value is -1.43. The van der Waals surface area contributed by atoms with Crippen molar-refractivity contribution in [3.05, 3.63) is 24.0 Å².